The Morgan fingerprint density at radius 3 is 2.90 bits per heavy atom. The topological polar surface area (TPSA) is 71.2 Å². The number of aromatic nitrogens is 1. The van der Waals surface area contributed by atoms with Crippen molar-refractivity contribution in [3.8, 4) is 0 Å². The maximum Gasteiger partial charge on any atom is 0.239 e. The molecule has 0 radical (unpaired) electrons. The number of rotatable bonds is 7. The standard InChI is InChI=1S/C15H26N4OS/c1-3-7-15(2,16)13(20)17-8-6-12-11-21-14(18-12)19-9-4-5-10-19/h11H,3-10,16H2,1-2H3,(H,17,20). The van der Waals surface area contributed by atoms with Gasteiger partial charge in [0.25, 0.3) is 0 Å². The second-order valence-corrected chi connectivity index (χ2v) is 6.83. The van der Waals surface area contributed by atoms with Crippen LogP contribution in [0.2, 0.25) is 0 Å². The predicted molar refractivity (Wildman–Crippen MR) is 87.8 cm³/mol. The highest BCUT2D eigenvalue weighted by Gasteiger charge is 2.26. The van der Waals surface area contributed by atoms with Gasteiger partial charge < -0.3 is 16.0 Å². The molecule has 118 valence electrons. The number of nitrogens with zero attached hydrogens (tertiary/aromatic N) is 2. The van der Waals surface area contributed by atoms with Crippen molar-refractivity contribution in [1.29, 1.82) is 0 Å². The number of amides is 1. The van der Waals surface area contributed by atoms with Gasteiger partial charge in [-0.1, -0.05) is 13.3 Å². The molecule has 1 amide bonds. The molecule has 1 aromatic rings. The second-order valence-electron chi connectivity index (χ2n) is 5.99. The van der Waals surface area contributed by atoms with Gasteiger partial charge in [0.05, 0.1) is 11.2 Å². The molecule has 0 aromatic carbocycles. The maximum absolute atomic E-state index is 12.0. The van der Waals surface area contributed by atoms with Crippen LogP contribution >= 0.6 is 11.3 Å². The Balaban J connectivity index is 1.77. The summed E-state index contributed by atoms with van der Waals surface area (Å²) in [5.41, 5.74) is 6.29. The molecule has 0 saturated carbocycles. The zero-order valence-corrected chi connectivity index (χ0v) is 13.8. The van der Waals surface area contributed by atoms with Gasteiger partial charge in [0.2, 0.25) is 5.91 Å². The van der Waals surface area contributed by atoms with E-state index in [1.165, 1.54) is 12.8 Å². The molecule has 5 nitrogen and oxygen atoms in total. The van der Waals surface area contributed by atoms with E-state index in [1.54, 1.807) is 18.3 Å². The zero-order chi connectivity index (χ0) is 15.3. The molecule has 1 atom stereocenters. The average molecular weight is 310 g/mol. The minimum atomic E-state index is -0.766. The van der Waals surface area contributed by atoms with Crippen LogP contribution in [0.1, 0.15) is 45.2 Å². The van der Waals surface area contributed by atoms with Crippen molar-refractivity contribution >= 4 is 22.4 Å². The highest BCUT2D eigenvalue weighted by Crippen LogP contribution is 2.24. The lowest BCUT2D eigenvalue weighted by atomic mass is 9.96. The van der Waals surface area contributed by atoms with Crippen molar-refractivity contribution in [3.05, 3.63) is 11.1 Å². The first-order chi connectivity index (χ1) is 10.0. The number of anilines is 1. The van der Waals surface area contributed by atoms with E-state index < -0.39 is 5.54 Å². The highest BCUT2D eigenvalue weighted by atomic mass is 32.1. The van der Waals surface area contributed by atoms with Crippen LogP contribution in [0.15, 0.2) is 5.38 Å². The first-order valence-electron chi connectivity index (χ1n) is 7.79. The summed E-state index contributed by atoms with van der Waals surface area (Å²) in [4.78, 5) is 19.0. The Labute approximate surface area is 130 Å². The molecule has 2 heterocycles. The molecule has 1 aromatic heterocycles. The summed E-state index contributed by atoms with van der Waals surface area (Å²) in [7, 11) is 0. The molecule has 21 heavy (non-hydrogen) atoms. The Morgan fingerprint density at radius 2 is 2.24 bits per heavy atom. The van der Waals surface area contributed by atoms with Crippen molar-refractivity contribution < 1.29 is 4.79 Å². The van der Waals surface area contributed by atoms with Crippen molar-refractivity contribution in [2.24, 2.45) is 5.73 Å². The van der Waals surface area contributed by atoms with E-state index in [9.17, 15) is 4.79 Å². The molecular weight excluding hydrogens is 284 g/mol. The van der Waals surface area contributed by atoms with E-state index in [0.717, 1.165) is 36.8 Å². The second kappa shape index (κ2) is 7.22. The lowest BCUT2D eigenvalue weighted by molar-refractivity contribution is -0.126. The number of carbonyl (C=O) groups is 1. The van der Waals surface area contributed by atoms with Gasteiger partial charge in [-0.2, -0.15) is 0 Å². The molecule has 0 aliphatic carbocycles. The number of nitrogens with two attached hydrogens (primary N) is 1. The number of hydrogen-bond acceptors (Lipinski definition) is 5. The van der Waals surface area contributed by atoms with Gasteiger partial charge in [-0.05, 0) is 26.2 Å². The fourth-order valence-electron chi connectivity index (χ4n) is 2.60. The van der Waals surface area contributed by atoms with E-state index >= 15 is 0 Å². The van der Waals surface area contributed by atoms with Gasteiger partial charge in [0.15, 0.2) is 5.13 Å². The Bertz CT molecular complexity index is 466. The fraction of sp³-hybridized carbons (Fsp3) is 0.733. The number of hydrogen-bond donors (Lipinski definition) is 2. The summed E-state index contributed by atoms with van der Waals surface area (Å²) >= 11 is 1.70. The van der Waals surface area contributed by atoms with Gasteiger partial charge in [-0.25, -0.2) is 4.98 Å². The third kappa shape index (κ3) is 4.41. The lowest BCUT2D eigenvalue weighted by Crippen LogP contribution is -2.51. The Kier molecular flexibility index (Phi) is 5.58. The van der Waals surface area contributed by atoms with Crippen molar-refractivity contribution in [2.75, 3.05) is 24.5 Å². The predicted octanol–water partition coefficient (Wildman–Crippen LogP) is 1.92. The molecule has 1 aliphatic rings. The fourth-order valence-corrected chi connectivity index (χ4v) is 3.52. The van der Waals surface area contributed by atoms with Gasteiger partial charge in [-0.15, -0.1) is 11.3 Å². The SMILES string of the molecule is CCCC(C)(N)C(=O)NCCc1csc(N2CCCC2)n1. The summed E-state index contributed by atoms with van der Waals surface area (Å²) in [5.74, 6) is -0.0701. The molecule has 3 N–H and O–H groups in total. The minimum Gasteiger partial charge on any atom is -0.354 e. The van der Waals surface area contributed by atoms with Crippen molar-refractivity contribution in [2.45, 2.75) is 51.5 Å². The smallest absolute Gasteiger partial charge is 0.239 e. The molecule has 1 fully saturated rings. The molecule has 1 unspecified atom stereocenters. The van der Waals surface area contributed by atoms with Crippen LogP contribution < -0.4 is 16.0 Å². The van der Waals surface area contributed by atoms with Crippen LogP contribution in [0.4, 0.5) is 5.13 Å². The monoisotopic (exact) mass is 310 g/mol. The van der Waals surface area contributed by atoms with E-state index in [4.69, 9.17) is 5.73 Å². The maximum atomic E-state index is 12.0. The largest absolute Gasteiger partial charge is 0.354 e. The van der Waals surface area contributed by atoms with Crippen LogP contribution in [0, 0.1) is 0 Å². The summed E-state index contributed by atoms with van der Waals surface area (Å²) in [5, 5.41) is 6.13. The normalized spacial score (nSPS) is 17.8. The molecular formula is C15H26N4OS. The molecule has 1 saturated heterocycles. The Morgan fingerprint density at radius 1 is 1.52 bits per heavy atom. The van der Waals surface area contributed by atoms with E-state index in [0.29, 0.717) is 13.0 Å². The zero-order valence-electron chi connectivity index (χ0n) is 13.0. The van der Waals surface area contributed by atoms with Crippen LogP contribution in [-0.4, -0.2) is 36.1 Å². The van der Waals surface area contributed by atoms with Crippen LogP contribution in [0.25, 0.3) is 0 Å². The number of nitrogens with one attached hydrogen (secondary N) is 1. The van der Waals surface area contributed by atoms with Crippen molar-refractivity contribution in [1.82, 2.24) is 10.3 Å². The van der Waals surface area contributed by atoms with E-state index in [1.807, 2.05) is 6.92 Å². The highest BCUT2D eigenvalue weighted by molar-refractivity contribution is 7.13. The van der Waals surface area contributed by atoms with Crippen LogP contribution in [0.3, 0.4) is 0 Å². The lowest BCUT2D eigenvalue weighted by Gasteiger charge is -2.22. The quantitative estimate of drug-likeness (QED) is 0.807. The van der Waals surface area contributed by atoms with Gasteiger partial charge >= 0.3 is 0 Å². The molecule has 2 rings (SSSR count). The third-order valence-electron chi connectivity index (χ3n) is 3.87. The summed E-state index contributed by atoms with van der Waals surface area (Å²) in [6, 6.07) is 0. The molecule has 0 bridgehead atoms. The van der Waals surface area contributed by atoms with Crippen molar-refractivity contribution in [3.63, 3.8) is 0 Å². The summed E-state index contributed by atoms with van der Waals surface area (Å²) in [6.45, 7) is 6.66. The average Bonchev–Trinajstić information content (AvgIpc) is 3.09. The first kappa shape index (κ1) is 16.2. The molecule has 1 aliphatic heterocycles. The van der Waals surface area contributed by atoms with E-state index in [-0.39, 0.29) is 5.91 Å². The first-order valence-corrected chi connectivity index (χ1v) is 8.67. The number of thiazole rings is 1. The van der Waals surface area contributed by atoms with Gasteiger partial charge in [-0.3, -0.25) is 4.79 Å². The number of carbonyl (C=O) groups excluding carboxylic acids is 1. The minimum absolute atomic E-state index is 0.0701. The Hall–Kier alpha value is -1.14. The van der Waals surface area contributed by atoms with Crippen LogP contribution in [-0.2, 0) is 11.2 Å². The molecule has 6 heteroatoms. The summed E-state index contributed by atoms with van der Waals surface area (Å²) in [6.07, 6.45) is 4.90. The van der Waals surface area contributed by atoms with Gasteiger partial charge in [0.1, 0.15) is 0 Å². The summed E-state index contributed by atoms with van der Waals surface area (Å²) < 4.78 is 0. The van der Waals surface area contributed by atoms with E-state index in [2.05, 4.69) is 20.6 Å². The van der Waals surface area contributed by atoms with Crippen LogP contribution in [0.5, 0.6) is 0 Å². The molecule has 0 spiro atoms. The van der Waals surface area contributed by atoms with Gasteiger partial charge in [0, 0.05) is 31.4 Å². The third-order valence-corrected chi connectivity index (χ3v) is 4.82.